The number of nitriles is 1. The van der Waals surface area contributed by atoms with Gasteiger partial charge in [-0.25, -0.2) is 9.10 Å². The molecule has 0 unspecified atom stereocenters. The third-order valence-electron chi connectivity index (χ3n) is 6.22. The van der Waals surface area contributed by atoms with Crippen LogP contribution in [0.2, 0.25) is 0 Å². The second kappa shape index (κ2) is 12.9. The number of rotatable bonds is 11. The Kier molecular flexibility index (Phi) is 8.89. The van der Waals surface area contributed by atoms with E-state index in [9.17, 15) is 10.1 Å². The summed E-state index contributed by atoms with van der Waals surface area (Å²) in [6, 6.07) is 34.5. The minimum atomic E-state index is -1.00. The third kappa shape index (κ3) is 6.95. The van der Waals surface area contributed by atoms with Crippen LogP contribution in [0.1, 0.15) is 22.6 Å². The molecule has 0 aliphatic heterocycles. The van der Waals surface area contributed by atoms with Crippen LogP contribution < -0.4 is 0 Å². The van der Waals surface area contributed by atoms with Crippen molar-refractivity contribution in [3.8, 4) is 17.2 Å². The molecule has 0 saturated carbocycles. The van der Waals surface area contributed by atoms with Gasteiger partial charge in [-0.15, -0.1) is 0 Å². The number of carbonyl (C=O) groups is 1. The van der Waals surface area contributed by atoms with Crippen LogP contribution in [0.15, 0.2) is 111 Å². The molecule has 0 bridgehead atoms. The minimum Gasteiger partial charge on any atom is -0.479 e. The van der Waals surface area contributed by atoms with Gasteiger partial charge >= 0.3 is 5.97 Å². The standard InChI is InChI=1S/C32H26N2O4S2/c1-22-9-12-25-5-2-3-8-30(25)32(22)39-34(20-28-16-15-27(18-33)38-28)19-23-10-13-24(14-11-23)26-6-4-7-29(17-26)40-37-21-31(35)36/h2-17H,19-21H2,1H3,(H,35,36). The number of hydrogen-bond acceptors (Lipinski definition) is 7. The van der Waals surface area contributed by atoms with Crippen LogP contribution in [0.25, 0.3) is 21.9 Å². The Morgan fingerprint density at radius 1 is 0.950 bits per heavy atom. The fraction of sp³-hybridized carbons (Fsp3) is 0.125. The Morgan fingerprint density at radius 3 is 2.55 bits per heavy atom. The molecule has 0 fully saturated rings. The zero-order valence-corrected chi connectivity index (χ0v) is 23.4. The van der Waals surface area contributed by atoms with Crippen molar-refractivity contribution in [3.63, 3.8) is 0 Å². The summed E-state index contributed by atoms with van der Waals surface area (Å²) in [6.07, 6.45) is 0. The van der Waals surface area contributed by atoms with E-state index < -0.39 is 5.97 Å². The quantitative estimate of drug-likeness (QED) is 0.127. The van der Waals surface area contributed by atoms with E-state index in [2.05, 4.69) is 78.0 Å². The van der Waals surface area contributed by atoms with Gasteiger partial charge in [0.15, 0.2) is 6.61 Å². The van der Waals surface area contributed by atoms with Crippen LogP contribution in [-0.2, 0) is 22.1 Å². The van der Waals surface area contributed by atoms with Gasteiger partial charge < -0.3 is 9.52 Å². The molecule has 0 aliphatic carbocycles. The van der Waals surface area contributed by atoms with E-state index >= 15 is 0 Å². The highest BCUT2D eigenvalue weighted by molar-refractivity contribution is 7.97. The van der Waals surface area contributed by atoms with Gasteiger partial charge in [0.1, 0.15) is 11.8 Å². The molecule has 8 heteroatoms. The molecule has 5 rings (SSSR count). The Balaban J connectivity index is 1.37. The van der Waals surface area contributed by atoms with Crippen LogP contribution in [0.4, 0.5) is 0 Å². The van der Waals surface area contributed by atoms with Crippen LogP contribution in [-0.4, -0.2) is 22.0 Å². The smallest absolute Gasteiger partial charge is 0.331 e. The number of nitrogens with zero attached hydrogens (tertiary/aromatic N) is 2. The van der Waals surface area contributed by atoms with E-state index in [0.29, 0.717) is 18.8 Å². The Hall–Kier alpha value is -4.00. The van der Waals surface area contributed by atoms with Crippen molar-refractivity contribution >= 4 is 40.7 Å². The SMILES string of the molecule is Cc1ccc2ccccc2c1SN(Cc1ccc(-c2cccc(SOCC(=O)O)c2)cc1)Cc1ccc(C#N)o1. The summed E-state index contributed by atoms with van der Waals surface area (Å²) < 4.78 is 13.1. The molecule has 0 saturated heterocycles. The van der Waals surface area contributed by atoms with Gasteiger partial charge in [0.25, 0.3) is 0 Å². The summed E-state index contributed by atoms with van der Waals surface area (Å²) in [5.74, 6) is 0.0389. The first-order valence-corrected chi connectivity index (χ1v) is 14.1. The molecule has 200 valence electrons. The van der Waals surface area contributed by atoms with Gasteiger partial charge in [-0.2, -0.15) is 5.26 Å². The van der Waals surface area contributed by atoms with Gasteiger partial charge in [0, 0.05) is 28.4 Å². The largest absolute Gasteiger partial charge is 0.479 e. The average molecular weight is 567 g/mol. The highest BCUT2D eigenvalue weighted by Gasteiger charge is 2.16. The van der Waals surface area contributed by atoms with Gasteiger partial charge in [0.2, 0.25) is 5.76 Å². The first-order chi connectivity index (χ1) is 19.5. The molecule has 1 aromatic heterocycles. The summed E-state index contributed by atoms with van der Waals surface area (Å²) in [6.45, 7) is 2.97. The first-order valence-electron chi connectivity index (χ1n) is 12.6. The van der Waals surface area contributed by atoms with Gasteiger partial charge in [-0.3, -0.25) is 4.18 Å². The molecule has 40 heavy (non-hydrogen) atoms. The van der Waals surface area contributed by atoms with Gasteiger partial charge in [0.05, 0.1) is 6.54 Å². The van der Waals surface area contributed by atoms with E-state index in [-0.39, 0.29) is 6.61 Å². The maximum Gasteiger partial charge on any atom is 0.331 e. The Labute approximate surface area is 241 Å². The van der Waals surface area contributed by atoms with Crippen molar-refractivity contribution in [1.29, 1.82) is 5.26 Å². The number of fused-ring (bicyclic) bond motifs is 1. The van der Waals surface area contributed by atoms with Crippen molar-refractivity contribution in [2.75, 3.05) is 6.61 Å². The van der Waals surface area contributed by atoms with E-state index in [1.54, 1.807) is 18.0 Å². The van der Waals surface area contributed by atoms with Crippen molar-refractivity contribution in [2.45, 2.75) is 29.8 Å². The van der Waals surface area contributed by atoms with Crippen LogP contribution in [0, 0.1) is 18.3 Å². The zero-order chi connectivity index (χ0) is 27.9. The van der Waals surface area contributed by atoms with Crippen LogP contribution >= 0.6 is 24.0 Å². The minimum absolute atomic E-state index is 0.305. The lowest BCUT2D eigenvalue weighted by Gasteiger charge is -2.22. The molecule has 0 radical (unpaired) electrons. The summed E-state index contributed by atoms with van der Waals surface area (Å²) in [4.78, 5) is 12.8. The maximum atomic E-state index is 10.7. The number of hydrogen-bond donors (Lipinski definition) is 1. The third-order valence-corrected chi connectivity index (χ3v) is 8.14. The van der Waals surface area contributed by atoms with E-state index in [1.807, 2.05) is 30.3 Å². The number of benzene rings is 4. The second-order valence-corrected chi connectivity index (χ2v) is 11.1. The van der Waals surface area contributed by atoms with Crippen molar-refractivity contribution in [2.24, 2.45) is 0 Å². The molecule has 0 spiro atoms. The normalized spacial score (nSPS) is 11.1. The van der Waals surface area contributed by atoms with E-state index in [0.717, 1.165) is 39.4 Å². The lowest BCUT2D eigenvalue weighted by atomic mass is 10.0. The summed E-state index contributed by atoms with van der Waals surface area (Å²) in [7, 11) is 0. The van der Waals surface area contributed by atoms with Crippen LogP contribution in [0.3, 0.4) is 0 Å². The molecule has 1 N–H and O–H groups in total. The number of aliphatic carboxylic acids is 1. The average Bonchev–Trinajstić information content (AvgIpc) is 3.42. The molecule has 5 aromatic rings. The monoisotopic (exact) mass is 566 g/mol. The Morgan fingerprint density at radius 2 is 1.77 bits per heavy atom. The van der Waals surface area contributed by atoms with E-state index in [1.165, 1.54) is 21.2 Å². The van der Waals surface area contributed by atoms with Crippen molar-refractivity contribution in [1.82, 2.24) is 4.31 Å². The zero-order valence-electron chi connectivity index (χ0n) is 21.7. The van der Waals surface area contributed by atoms with E-state index in [4.69, 9.17) is 13.7 Å². The summed E-state index contributed by atoms with van der Waals surface area (Å²) in [5.41, 5.74) is 4.41. The summed E-state index contributed by atoms with van der Waals surface area (Å²) >= 11 is 2.75. The highest BCUT2D eigenvalue weighted by Crippen LogP contribution is 2.36. The lowest BCUT2D eigenvalue weighted by Crippen LogP contribution is -2.15. The maximum absolute atomic E-state index is 10.7. The molecular formula is C32H26N2O4S2. The molecule has 0 atom stereocenters. The predicted octanol–water partition coefficient (Wildman–Crippen LogP) is 8.10. The Bertz CT molecular complexity index is 1670. The summed E-state index contributed by atoms with van der Waals surface area (Å²) in [5, 5.41) is 20.4. The first kappa shape index (κ1) is 27.6. The van der Waals surface area contributed by atoms with Gasteiger partial charge in [-0.1, -0.05) is 72.8 Å². The molecule has 6 nitrogen and oxygen atoms in total. The lowest BCUT2D eigenvalue weighted by molar-refractivity contribution is -0.138. The topological polar surface area (TPSA) is 86.7 Å². The number of carboxylic acid groups (broad SMARTS) is 1. The predicted molar refractivity (Wildman–Crippen MR) is 159 cm³/mol. The van der Waals surface area contributed by atoms with Crippen molar-refractivity contribution < 1.29 is 18.5 Å². The number of aryl methyl sites for hydroxylation is 1. The second-order valence-electron chi connectivity index (χ2n) is 9.16. The molecule has 0 aliphatic rings. The fourth-order valence-corrected chi connectivity index (χ4v) is 6.07. The van der Waals surface area contributed by atoms with Crippen molar-refractivity contribution in [3.05, 3.63) is 120 Å². The number of carboxylic acids is 1. The van der Waals surface area contributed by atoms with Crippen LogP contribution in [0.5, 0.6) is 0 Å². The number of furan rings is 1. The highest BCUT2D eigenvalue weighted by atomic mass is 32.2. The molecule has 1 heterocycles. The fourth-order valence-electron chi connectivity index (χ4n) is 4.30. The molecule has 0 amide bonds. The van der Waals surface area contributed by atoms with Gasteiger partial charge in [-0.05, 0) is 76.2 Å². The molecular weight excluding hydrogens is 540 g/mol. The molecule has 4 aromatic carbocycles.